The summed E-state index contributed by atoms with van der Waals surface area (Å²) in [5.74, 6) is -1.07. The van der Waals surface area contributed by atoms with Crippen LogP contribution in [0.5, 0.6) is 5.75 Å². The van der Waals surface area contributed by atoms with Gasteiger partial charge in [-0.05, 0) is 25.8 Å². The average Bonchev–Trinajstić information content (AvgIpc) is 3.16. The Bertz CT molecular complexity index is 998. The lowest BCUT2D eigenvalue weighted by molar-refractivity contribution is 0.0929. The van der Waals surface area contributed by atoms with Crippen LogP contribution in [0.1, 0.15) is 62.0 Å². The van der Waals surface area contributed by atoms with Crippen molar-refractivity contribution in [1.82, 2.24) is 15.3 Å². The Morgan fingerprint density at radius 2 is 2.07 bits per heavy atom. The van der Waals surface area contributed by atoms with E-state index in [-0.39, 0.29) is 35.7 Å². The van der Waals surface area contributed by atoms with Gasteiger partial charge in [-0.15, -0.1) is 0 Å². The van der Waals surface area contributed by atoms with Crippen molar-refractivity contribution >= 4 is 21.9 Å². The van der Waals surface area contributed by atoms with Gasteiger partial charge in [-0.25, -0.2) is 13.1 Å². The number of sulfonamides is 1. The van der Waals surface area contributed by atoms with E-state index in [0.29, 0.717) is 12.0 Å². The molecule has 1 unspecified atom stereocenters. The van der Waals surface area contributed by atoms with Crippen LogP contribution in [0.25, 0.3) is 0 Å². The molecular weight excluding hydrogens is 412 g/mol. The molecule has 1 amide bonds. The smallest absolute Gasteiger partial charge is 0.309 e. The molecule has 4 N–H and O–H groups in total. The first-order chi connectivity index (χ1) is 14.3. The second-order valence-electron chi connectivity index (χ2n) is 6.95. The lowest BCUT2D eigenvalue weighted by Gasteiger charge is -2.18. The number of amides is 1. The molecule has 10 nitrogen and oxygen atoms in total. The van der Waals surface area contributed by atoms with E-state index in [1.807, 2.05) is 0 Å². The third-order valence-corrected chi connectivity index (χ3v) is 5.83. The maximum atomic E-state index is 12.6. The SMILES string of the molecule is CCCCCCC(Cc1cc[nH]c(=O)c1O)NC(=O)c1coc(NS(=O)(=O)CC)n1. The van der Waals surface area contributed by atoms with Gasteiger partial charge in [-0.2, -0.15) is 4.98 Å². The largest absolute Gasteiger partial charge is 0.503 e. The zero-order chi connectivity index (χ0) is 22.1. The second kappa shape index (κ2) is 10.8. The number of hydrogen-bond donors (Lipinski definition) is 4. The molecule has 2 aromatic rings. The highest BCUT2D eigenvalue weighted by Gasteiger charge is 2.20. The quantitative estimate of drug-likeness (QED) is 0.369. The fraction of sp³-hybridized carbons (Fsp3) is 0.526. The third kappa shape index (κ3) is 6.90. The number of aromatic hydroxyl groups is 1. The minimum atomic E-state index is -3.57. The number of aromatic nitrogens is 2. The Hall–Kier alpha value is -2.82. The zero-order valence-corrected chi connectivity index (χ0v) is 17.9. The minimum absolute atomic E-state index is 0.0718. The fourth-order valence-corrected chi connectivity index (χ4v) is 3.38. The molecular formula is C19H28N4O6S. The molecule has 0 aliphatic heterocycles. The predicted octanol–water partition coefficient (Wildman–Crippen LogP) is 2.14. The van der Waals surface area contributed by atoms with Crippen molar-refractivity contribution < 1.29 is 22.7 Å². The summed E-state index contributed by atoms with van der Waals surface area (Å²) < 4.78 is 30.4. The van der Waals surface area contributed by atoms with Crippen LogP contribution in [-0.2, 0) is 16.4 Å². The molecule has 0 fully saturated rings. The summed E-state index contributed by atoms with van der Waals surface area (Å²) in [6.45, 7) is 3.56. The van der Waals surface area contributed by atoms with Gasteiger partial charge in [0.2, 0.25) is 10.0 Å². The highest BCUT2D eigenvalue weighted by Crippen LogP contribution is 2.17. The molecule has 30 heavy (non-hydrogen) atoms. The first-order valence-electron chi connectivity index (χ1n) is 9.92. The number of carbonyl (C=O) groups is 1. The van der Waals surface area contributed by atoms with Gasteiger partial charge in [0.25, 0.3) is 11.5 Å². The monoisotopic (exact) mass is 440 g/mol. The van der Waals surface area contributed by atoms with E-state index >= 15 is 0 Å². The summed E-state index contributed by atoms with van der Waals surface area (Å²) in [5.41, 5.74) is -0.235. The van der Waals surface area contributed by atoms with Gasteiger partial charge in [-0.1, -0.05) is 32.6 Å². The van der Waals surface area contributed by atoms with Crippen LogP contribution >= 0.6 is 0 Å². The number of pyridine rings is 1. The zero-order valence-electron chi connectivity index (χ0n) is 17.1. The van der Waals surface area contributed by atoms with E-state index in [0.717, 1.165) is 31.9 Å². The number of anilines is 1. The average molecular weight is 441 g/mol. The molecule has 0 aromatic carbocycles. The second-order valence-corrected chi connectivity index (χ2v) is 8.96. The fourth-order valence-electron chi connectivity index (χ4n) is 2.87. The Balaban J connectivity index is 2.10. The molecule has 11 heteroatoms. The summed E-state index contributed by atoms with van der Waals surface area (Å²) in [4.78, 5) is 30.5. The topological polar surface area (TPSA) is 154 Å². The van der Waals surface area contributed by atoms with E-state index in [9.17, 15) is 23.1 Å². The Morgan fingerprint density at radius 1 is 1.30 bits per heavy atom. The van der Waals surface area contributed by atoms with Crippen LogP contribution in [0.15, 0.2) is 27.7 Å². The van der Waals surface area contributed by atoms with Crippen molar-refractivity contribution in [3.63, 3.8) is 0 Å². The van der Waals surface area contributed by atoms with Gasteiger partial charge in [-0.3, -0.25) is 9.59 Å². The molecule has 2 heterocycles. The number of carbonyl (C=O) groups excluding carboxylic acids is 1. The van der Waals surface area contributed by atoms with Crippen LogP contribution in [0.2, 0.25) is 0 Å². The number of nitrogens with zero attached hydrogens (tertiary/aromatic N) is 1. The van der Waals surface area contributed by atoms with Crippen LogP contribution in [0.4, 0.5) is 6.01 Å². The number of oxazole rings is 1. The summed E-state index contributed by atoms with van der Waals surface area (Å²) >= 11 is 0. The number of aromatic amines is 1. The molecule has 2 rings (SSSR count). The van der Waals surface area contributed by atoms with E-state index in [1.165, 1.54) is 13.1 Å². The summed E-state index contributed by atoms with van der Waals surface area (Å²) in [5, 5.41) is 12.8. The third-order valence-electron chi connectivity index (χ3n) is 4.59. The van der Waals surface area contributed by atoms with E-state index in [2.05, 4.69) is 26.9 Å². The first kappa shape index (κ1) is 23.5. The molecule has 0 radical (unpaired) electrons. The Morgan fingerprint density at radius 3 is 2.77 bits per heavy atom. The van der Waals surface area contributed by atoms with Crippen LogP contribution in [0, 0.1) is 0 Å². The first-order valence-corrected chi connectivity index (χ1v) is 11.6. The van der Waals surface area contributed by atoms with Gasteiger partial charge in [0.1, 0.15) is 6.26 Å². The summed E-state index contributed by atoms with van der Waals surface area (Å²) in [7, 11) is -3.57. The van der Waals surface area contributed by atoms with Gasteiger partial charge in [0, 0.05) is 17.8 Å². The lowest BCUT2D eigenvalue weighted by Crippen LogP contribution is -2.37. The number of rotatable bonds is 12. The van der Waals surface area contributed by atoms with Crippen molar-refractivity contribution in [3.05, 3.63) is 40.1 Å². The minimum Gasteiger partial charge on any atom is -0.503 e. The molecule has 1 atom stereocenters. The highest BCUT2D eigenvalue weighted by molar-refractivity contribution is 7.92. The number of unbranched alkanes of at least 4 members (excludes halogenated alkanes) is 3. The molecule has 2 aromatic heterocycles. The summed E-state index contributed by atoms with van der Waals surface area (Å²) in [6, 6.07) is 0.957. The predicted molar refractivity (Wildman–Crippen MR) is 112 cm³/mol. The Labute approximate surface area is 175 Å². The van der Waals surface area contributed by atoms with E-state index < -0.39 is 21.5 Å². The molecule has 0 saturated heterocycles. The van der Waals surface area contributed by atoms with Crippen molar-refractivity contribution in [2.45, 2.75) is 58.4 Å². The maximum absolute atomic E-state index is 12.6. The van der Waals surface area contributed by atoms with Crippen molar-refractivity contribution in [1.29, 1.82) is 0 Å². The van der Waals surface area contributed by atoms with Gasteiger partial charge < -0.3 is 19.8 Å². The van der Waals surface area contributed by atoms with Gasteiger partial charge in [0.15, 0.2) is 11.4 Å². The van der Waals surface area contributed by atoms with Crippen molar-refractivity contribution in [2.24, 2.45) is 0 Å². The normalized spacial score (nSPS) is 12.5. The molecule has 0 aliphatic carbocycles. The van der Waals surface area contributed by atoms with Gasteiger partial charge in [0.05, 0.1) is 5.75 Å². The van der Waals surface area contributed by atoms with Crippen LogP contribution in [-0.4, -0.2) is 41.2 Å². The van der Waals surface area contributed by atoms with Gasteiger partial charge >= 0.3 is 6.01 Å². The maximum Gasteiger partial charge on any atom is 0.309 e. The molecule has 0 bridgehead atoms. The Kier molecular flexibility index (Phi) is 8.46. The standard InChI is InChI=1S/C19H28N4O6S/c1-3-5-6-7-8-14(11-13-9-10-20-18(26)16(13)24)21-17(25)15-12-29-19(22-15)23-30(27,28)4-2/h9-10,12,14,24H,3-8,11H2,1-2H3,(H,20,26)(H,21,25)(H,22,23). The number of H-pyrrole nitrogens is 1. The number of nitrogens with one attached hydrogen (secondary N) is 3. The number of hydrogen-bond acceptors (Lipinski definition) is 7. The molecule has 0 aliphatic rings. The molecule has 166 valence electrons. The molecule has 0 saturated carbocycles. The van der Waals surface area contributed by atoms with E-state index in [1.54, 1.807) is 6.07 Å². The molecule has 0 spiro atoms. The van der Waals surface area contributed by atoms with Crippen LogP contribution in [0.3, 0.4) is 0 Å². The van der Waals surface area contributed by atoms with Crippen LogP contribution < -0.4 is 15.6 Å². The van der Waals surface area contributed by atoms with Crippen molar-refractivity contribution in [3.8, 4) is 5.75 Å². The lowest BCUT2D eigenvalue weighted by atomic mass is 10.00. The van der Waals surface area contributed by atoms with E-state index in [4.69, 9.17) is 4.42 Å². The van der Waals surface area contributed by atoms with Crippen molar-refractivity contribution in [2.75, 3.05) is 10.5 Å². The highest BCUT2D eigenvalue weighted by atomic mass is 32.2. The summed E-state index contributed by atoms with van der Waals surface area (Å²) in [6.07, 6.45) is 7.42.